The first kappa shape index (κ1) is 28.0. The molecule has 39 heavy (non-hydrogen) atoms. The second-order valence-electron chi connectivity index (χ2n) is 9.14. The van der Waals surface area contributed by atoms with E-state index < -0.39 is 11.9 Å². The highest BCUT2D eigenvalue weighted by atomic mass is 35.5. The molecule has 1 aliphatic heterocycles. The van der Waals surface area contributed by atoms with Gasteiger partial charge in [0.25, 0.3) is 0 Å². The number of allylic oxidation sites excluding steroid dienone is 2. The smallest absolute Gasteiger partial charge is 0.337 e. The standard InChI is InChI=1S/C31H28ClN3O3S/c1-19-10-9-11-20(2)29(19)35-26(36)18-39-30-24(16-33)28(23-14-7-8-15-25(23)32)27(21(3)34-30)31(37)38-17-22-12-5-4-6-13-22/h4-15,28,34H,17-18H2,1-3H3,(H,35,36)/t28-/m1/s1. The third-order valence-electron chi connectivity index (χ3n) is 6.39. The number of nitrogens with one attached hydrogen (secondary N) is 2. The molecule has 0 aliphatic carbocycles. The van der Waals surface area contributed by atoms with E-state index in [-0.39, 0.29) is 18.3 Å². The van der Waals surface area contributed by atoms with E-state index in [0.29, 0.717) is 32.5 Å². The topological polar surface area (TPSA) is 91.2 Å². The number of amides is 1. The van der Waals surface area contributed by atoms with Crippen LogP contribution in [0.4, 0.5) is 5.69 Å². The van der Waals surface area contributed by atoms with E-state index in [4.69, 9.17) is 16.3 Å². The van der Waals surface area contributed by atoms with Gasteiger partial charge < -0.3 is 15.4 Å². The Hall–Kier alpha value is -3.99. The van der Waals surface area contributed by atoms with Gasteiger partial charge in [-0.3, -0.25) is 4.79 Å². The van der Waals surface area contributed by atoms with Crippen LogP contribution in [0.15, 0.2) is 94.7 Å². The quantitative estimate of drug-likeness (QED) is 0.297. The van der Waals surface area contributed by atoms with E-state index in [9.17, 15) is 14.9 Å². The maximum Gasteiger partial charge on any atom is 0.337 e. The zero-order valence-corrected chi connectivity index (χ0v) is 23.5. The molecule has 8 heteroatoms. The number of rotatable bonds is 8. The molecular weight excluding hydrogens is 530 g/mol. The average molecular weight is 558 g/mol. The van der Waals surface area contributed by atoms with Crippen LogP contribution in [0.2, 0.25) is 5.02 Å². The molecule has 198 valence electrons. The normalized spacial score (nSPS) is 14.9. The van der Waals surface area contributed by atoms with Gasteiger partial charge in [-0.25, -0.2) is 4.79 Å². The van der Waals surface area contributed by atoms with E-state index >= 15 is 0 Å². The van der Waals surface area contributed by atoms with Crippen molar-refractivity contribution in [2.45, 2.75) is 33.3 Å². The molecular formula is C31H28ClN3O3S. The summed E-state index contributed by atoms with van der Waals surface area (Å²) in [5, 5.41) is 17.4. The predicted molar refractivity (Wildman–Crippen MR) is 156 cm³/mol. The first-order chi connectivity index (χ1) is 18.8. The molecule has 0 unspecified atom stereocenters. The number of hydrogen-bond acceptors (Lipinski definition) is 6. The van der Waals surface area contributed by atoms with Crippen molar-refractivity contribution in [2.75, 3.05) is 11.1 Å². The monoisotopic (exact) mass is 557 g/mol. The summed E-state index contributed by atoms with van der Waals surface area (Å²) in [6.45, 7) is 5.73. The van der Waals surface area contributed by atoms with Gasteiger partial charge in [-0.05, 0) is 49.1 Å². The minimum absolute atomic E-state index is 0.0671. The number of thioether (sulfide) groups is 1. The number of nitrogens with zero attached hydrogens (tertiary/aromatic N) is 1. The van der Waals surface area contributed by atoms with Crippen molar-refractivity contribution in [1.29, 1.82) is 5.26 Å². The summed E-state index contributed by atoms with van der Waals surface area (Å²) in [6, 6.07) is 24.6. The number of esters is 1. The Morgan fingerprint density at radius 1 is 1.00 bits per heavy atom. The Bertz CT molecular complexity index is 1490. The van der Waals surface area contributed by atoms with Crippen molar-refractivity contribution in [3.8, 4) is 6.07 Å². The molecule has 0 spiro atoms. The maximum atomic E-state index is 13.4. The number of benzene rings is 3. The van der Waals surface area contributed by atoms with Crippen LogP contribution in [-0.4, -0.2) is 17.6 Å². The number of hydrogen-bond donors (Lipinski definition) is 2. The third kappa shape index (κ3) is 6.54. The van der Waals surface area contributed by atoms with Gasteiger partial charge in [-0.15, -0.1) is 0 Å². The molecule has 1 atom stereocenters. The van der Waals surface area contributed by atoms with Crippen LogP contribution in [-0.2, 0) is 20.9 Å². The third-order valence-corrected chi connectivity index (χ3v) is 7.75. The molecule has 2 N–H and O–H groups in total. The van der Waals surface area contributed by atoms with E-state index in [1.807, 2.05) is 68.4 Å². The highest BCUT2D eigenvalue weighted by Gasteiger charge is 2.36. The lowest BCUT2D eigenvalue weighted by atomic mass is 9.82. The summed E-state index contributed by atoms with van der Waals surface area (Å²) >= 11 is 7.77. The SMILES string of the molecule is CC1=C(C(=O)OCc2ccccc2)[C@H](c2ccccc2Cl)C(C#N)=C(SCC(=O)Nc2c(C)cccc2C)N1. The van der Waals surface area contributed by atoms with Gasteiger partial charge in [0, 0.05) is 16.4 Å². The maximum absolute atomic E-state index is 13.4. The molecule has 3 aromatic carbocycles. The number of nitriles is 1. The minimum Gasteiger partial charge on any atom is -0.457 e. The molecule has 6 nitrogen and oxygen atoms in total. The number of ether oxygens (including phenoxy) is 1. The number of para-hydroxylation sites is 1. The van der Waals surface area contributed by atoms with Crippen molar-refractivity contribution in [3.63, 3.8) is 0 Å². The average Bonchev–Trinajstić information content (AvgIpc) is 2.93. The molecule has 0 bridgehead atoms. The Morgan fingerprint density at radius 3 is 2.33 bits per heavy atom. The van der Waals surface area contributed by atoms with Gasteiger partial charge in [-0.2, -0.15) is 5.26 Å². The summed E-state index contributed by atoms with van der Waals surface area (Å²) in [5.74, 6) is -1.43. The lowest BCUT2D eigenvalue weighted by Gasteiger charge is -2.29. The number of carbonyl (C=O) groups excluding carboxylic acids is 2. The van der Waals surface area contributed by atoms with Crippen LogP contribution in [0.5, 0.6) is 0 Å². The Kier molecular flexibility index (Phi) is 9.13. The summed E-state index contributed by atoms with van der Waals surface area (Å²) in [6.07, 6.45) is 0. The van der Waals surface area contributed by atoms with Crippen molar-refractivity contribution < 1.29 is 14.3 Å². The first-order valence-electron chi connectivity index (χ1n) is 12.4. The number of dihydropyridines is 1. The van der Waals surface area contributed by atoms with Crippen LogP contribution in [0, 0.1) is 25.2 Å². The molecule has 1 heterocycles. The molecule has 4 rings (SSSR count). The zero-order valence-electron chi connectivity index (χ0n) is 21.9. The van der Waals surface area contributed by atoms with Gasteiger partial charge in [0.1, 0.15) is 6.61 Å². The molecule has 1 amide bonds. The predicted octanol–water partition coefficient (Wildman–Crippen LogP) is 6.77. The summed E-state index contributed by atoms with van der Waals surface area (Å²) in [5.41, 5.74) is 5.32. The molecule has 0 saturated heterocycles. The van der Waals surface area contributed by atoms with E-state index in [1.54, 1.807) is 25.1 Å². The van der Waals surface area contributed by atoms with Crippen LogP contribution in [0.25, 0.3) is 0 Å². The molecule has 0 aromatic heterocycles. The Labute approximate surface area is 237 Å². The van der Waals surface area contributed by atoms with Gasteiger partial charge in [0.15, 0.2) is 0 Å². The minimum atomic E-state index is -0.752. The summed E-state index contributed by atoms with van der Waals surface area (Å²) in [7, 11) is 0. The second-order valence-corrected chi connectivity index (χ2v) is 10.5. The van der Waals surface area contributed by atoms with Crippen molar-refractivity contribution in [2.24, 2.45) is 0 Å². The van der Waals surface area contributed by atoms with Gasteiger partial charge in [0.2, 0.25) is 5.91 Å². The van der Waals surface area contributed by atoms with Gasteiger partial charge in [-0.1, -0.05) is 90.1 Å². The zero-order chi connectivity index (χ0) is 27.9. The fourth-order valence-corrected chi connectivity index (χ4v) is 5.58. The molecule has 1 aliphatic rings. The highest BCUT2D eigenvalue weighted by Crippen LogP contribution is 2.43. The number of aryl methyl sites for hydroxylation is 2. The Morgan fingerprint density at radius 2 is 1.67 bits per heavy atom. The number of anilines is 1. The number of carbonyl (C=O) groups is 2. The highest BCUT2D eigenvalue weighted by molar-refractivity contribution is 8.03. The second kappa shape index (κ2) is 12.7. The van der Waals surface area contributed by atoms with E-state index in [2.05, 4.69) is 16.7 Å². The van der Waals surface area contributed by atoms with Gasteiger partial charge >= 0.3 is 5.97 Å². The molecule has 0 saturated carbocycles. The van der Waals surface area contributed by atoms with Gasteiger partial charge in [0.05, 0.1) is 33.9 Å². The van der Waals surface area contributed by atoms with Crippen molar-refractivity contribution in [1.82, 2.24) is 5.32 Å². The fourth-order valence-electron chi connectivity index (χ4n) is 4.44. The van der Waals surface area contributed by atoms with E-state index in [1.165, 1.54) is 11.8 Å². The van der Waals surface area contributed by atoms with Crippen LogP contribution in [0.3, 0.4) is 0 Å². The molecule has 3 aromatic rings. The van der Waals surface area contributed by atoms with E-state index in [0.717, 1.165) is 22.4 Å². The van der Waals surface area contributed by atoms with Crippen LogP contribution in [0.1, 0.15) is 35.1 Å². The molecule has 0 radical (unpaired) electrons. The summed E-state index contributed by atoms with van der Waals surface area (Å²) < 4.78 is 5.66. The lowest BCUT2D eigenvalue weighted by molar-refractivity contribution is -0.140. The van der Waals surface area contributed by atoms with Crippen LogP contribution < -0.4 is 10.6 Å². The Balaban J connectivity index is 1.61. The van der Waals surface area contributed by atoms with Crippen molar-refractivity contribution in [3.05, 3.63) is 122 Å². The van der Waals surface area contributed by atoms with Crippen LogP contribution >= 0.6 is 23.4 Å². The first-order valence-corrected chi connectivity index (χ1v) is 13.7. The largest absolute Gasteiger partial charge is 0.457 e. The lowest BCUT2D eigenvalue weighted by Crippen LogP contribution is -2.29. The molecule has 0 fully saturated rings. The van der Waals surface area contributed by atoms with Crippen molar-refractivity contribution >= 4 is 40.9 Å². The fraction of sp³-hybridized carbons (Fsp3) is 0.194. The number of halogens is 1. The summed E-state index contributed by atoms with van der Waals surface area (Å²) in [4.78, 5) is 26.3.